The number of halogens is 2. The van der Waals surface area contributed by atoms with Gasteiger partial charge in [-0.15, -0.1) is 0 Å². The van der Waals surface area contributed by atoms with Gasteiger partial charge < -0.3 is 0 Å². The smallest absolute Gasteiger partial charge is 0.0542 e. The average molecular weight is 239 g/mol. The molecule has 0 aromatic carbocycles. The molecule has 8 heavy (non-hydrogen) atoms. The summed E-state index contributed by atoms with van der Waals surface area (Å²) in [5.74, 6) is 0. The molecule has 1 aromatic rings. The van der Waals surface area contributed by atoms with E-state index in [0.717, 1.165) is 5.33 Å². The zero-order chi connectivity index (χ0) is 5.98. The van der Waals surface area contributed by atoms with Gasteiger partial charge in [0.1, 0.15) is 0 Å². The standard InChI is InChI=1S/C5H5Br2N/c6-4-5-2-1-3-8(5)7/h1-3H,4H2. The number of rotatable bonds is 1. The normalized spacial score (nSPS) is 9.75. The third-order valence-electron chi connectivity index (χ3n) is 0.917. The summed E-state index contributed by atoms with van der Waals surface area (Å²) in [5, 5.41) is 0.894. The Morgan fingerprint density at radius 1 is 1.62 bits per heavy atom. The van der Waals surface area contributed by atoms with E-state index in [1.54, 1.807) is 0 Å². The van der Waals surface area contributed by atoms with Crippen LogP contribution >= 0.6 is 32.1 Å². The summed E-state index contributed by atoms with van der Waals surface area (Å²) in [5.41, 5.74) is 1.23. The van der Waals surface area contributed by atoms with Gasteiger partial charge >= 0.3 is 0 Å². The van der Waals surface area contributed by atoms with E-state index in [4.69, 9.17) is 0 Å². The van der Waals surface area contributed by atoms with Gasteiger partial charge in [-0.25, -0.2) is 0 Å². The first kappa shape index (κ1) is 6.36. The van der Waals surface area contributed by atoms with Crippen molar-refractivity contribution in [1.82, 2.24) is 3.59 Å². The SMILES string of the molecule is BrCc1cccn1Br. The first-order valence-corrected chi connectivity index (χ1v) is 4.06. The Labute approximate surface area is 65.2 Å². The van der Waals surface area contributed by atoms with Crippen molar-refractivity contribution in [2.75, 3.05) is 0 Å². The second kappa shape index (κ2) is 2.69. The van der Waals surface area contributed by atoms with Crippen LogP contribution in [0.1, 0.15) is 5.69 Å². The molecule has 44 valence electrons. The largest absolute Gasteiger partial charge is 0.288 e. The minimum absolute atomic E-state index is 0.894. The predicted octanol–water partition coefficient (Wildman–Crippen LogP) is 2.54. The van der Waals surface area contributed by atoms with Crippen molar-refractivity contribution in [2.24, 2.45) is 0 Å². The zero-order valence-electron chi connectivity index (χ0n) is 4.14. The van der Waals surface area contributed by atoms with Crippen molar-refractivity contribution >= 4 is 32.1 Å². The lowest BCUT2D eigenvalue weighted by Crippen LogP contribution is -1.80. The lowest BCUT2D eigenvalue weighted by molar-refractivity contribution is 1.19. The molecule has 0 aliphatic carbocycles. The summed E-state index contributed by atoms with van der Waals surface area (Å²) in [7, 11) is 0. The highest BCUT2D eigenvalue weighted by molar-refractivity contribution is 9.09. The third-order valence-corrected chi connectivity index (χ3v) is 2.18. The Morgan fingerprint density at radius 2 is 2.38 bits per heavy atom. The fourth-order valence-corrected chi connectivity index (χ4v) is 1.67. The molecule has 0 saturated carbocycles. The maximum Gasteiger partial charge on any atom is 0.0542 e. The van der Waals surface area contributed by atoms with Gasteiger partial charge in [-0.05, 0) is 12.1 Å². The van der Waals surface area contributed by atoms with Gasteiger partial charge in [-0.1, -0.05) is 15.9 Å². The molecule has 1 heterocycles. The van der Waals surface area contributed by atoms with E-state index in [2.05, 4.69) is 32.1 Å². The van der Waals surface area contributed by atoms with E-state index >= 15 is 0 Å². The van der Waals surface area contributed by atoms with Crippen molar-refractivity contribution in [3.8, 4) is 0 Å². The van der Waals surface area contributed by atoms with Gasteiger partial charge in [0, 0.05) is 17.2 Å². The number of alkyl halides is 1. The molecule has 1 rings (SSSR count). The fourth-order valence-electron chi connectivity index (χ4n) is 0.498. The maximum absolute atomic E-state index is 3.34. The molecule has 0 radical (unpaired) electrons. The quantitative estimate of drug-likeness (QED) is 0.663. The van der Waals surface area contributed by atoms with Gasteiger partial charge in [-0.3, -0.25) is 3.59 Å². The molecule has 0 spiro atoms. The Bertz CT molecular complexity index is 171. The lowest BCUT2D eigenvalue weighted by atomic mass is 10.5. The molecule has 0 unspecified atom stereocenters. The second-order valence-corrected chi connectivity index (χ2v) is 2.77. The van der Waals surface area contributed by atoms with Gasteiger partial charge in [-0.2, -0.15) is 0 Å². The van der Waals surface area contributed by atoms with Gasteiger partial charge in [0.15, 0.2) is 0 Å². The topological polar surface area (TPSA) is 4.93 Å². The van der Waals surface area contributed by atoms with Crippen molar-refractivity contribution in [3.63, 3.8) is 0 Å². The molecule has 0 N–H and O–H groups in total. The van der Waals surface area contributed by atoms with Crippen LogP contribution in [0, 0.1) is 0 Å². The van der Waals surface area contributed by atoms with E-state index in [0.29, 0.717) is 0 Å². The first-order chi connectivity index (χ1) is 3.84. The van der Waals surface area contributed by atoms with Crippen molar-refractivity contribution in [1.29, 1.82) is 0 Å². The monoisotopic (exact) mass is 237 g/mol. The maximum atomic E-state index is 3.34. The molecule has 0 atom stereocenters. The molecular weight excluding hydrogens is 234 g/mol. The Balaban J connectivity index is 2.92. The number of hydrogen-bond donors (Lipinski definition) is 0. The third kappa shape index (κ3) is 1.14. The number of nitrogens with zero attached hydrogens (tertiary/aromatic N) is 1. The van der Waals surface area contributed by atoms with Crippen LogP contribution in [0.2, 0.25) is 0 Å². The van der Waals surface area contributed by atoms with Crippen molar-refractivity contribution in [3.05, 3.63) is 24.0 Å². The van der Waals surface area contributed by atoms with Crippen LogP contribution < -0.4 is 0 Å². The Morgan fingerprint density at radius 3 is 2.62 bits per heavy atom. The van der Waals surface area contributed by atoms with Crippen LogP contribution in [0.25, 0.3) is 0 Å². The summed E-state index contributed by atoms with van der Waals surface area (Å²) in [6.07, 6.45) is 1.95. The van der Waals surface area contributed by atoms with Crippen LogP contribution in [0.4, 0.5) is 0 Å². The average Bonchev–Trinajstić information content (AvgIpc) is 2.14. The molecule has 0 saturated heterocycles. The molecule has 0 amide bonds. The molecule has 1 nitrogen and oxygen atoms in total. The highest BCUT2D eigenvalue weighted by Gasteiger charge is 1.91. The molecule has 0 aliphatic heterocycles. The Kier molecular flexibility index (Phi) is 2.14. The summed E-state index contributed by atoms with van der Waals surface area (Å²) in [6.45, 7) is 0. The van der Waals surface area contributed by atoms with E-state index < -0.39 is 0 Å². The summed E-state index contributed by atoms with van der Waals surface area (Å²) < 4.78 is 1.90. The van der Waals surface area contributed by atoms with E-state index in [9.17, 15) is 0 Å². The van der Waals surface area contributed by atoms with Gasteiger partial charge in [0.25, 0.3) is 0 Å². The molecule has 0 bridgehead atoms. The van der Waals surface area contributed by atoms with Gasteiger partial charge in [0.2, 0.25) is 0 Å². The minimum atomic E-state index is 0.894. The van der Waals surface area contributed by atoms with Crippen LogP contribution in [0.5, 0.6) is 0 Å². The van der Waals surface area contributed by atoms with Crippen molar-refractivity contribution < 1.29 is 0 Å². The summed E-state index contributed by atoms with van der Waals surface area (Å²) >= 11 is 6.65. The van der Waals surface area contributed by atoms with Gasteiger partial charge in [0.05, 0.1) is 16.1 Å². The molecule has 1 aromatic heterocycles. The van der Waals surface area contributed by atoms with Crippen LogP contribution in [-0.4, -0.2) is 3.59 Å². The van der Waals surface area contributed by atoms with Crippen molar-refractivity contribution in [2.45, 2.75) is 5.33 Å². The highest BCUT2D eigenvalue weighted by atomic mass is 79.9. The van der Waals surface area contributed by atoms with E-state index in [-0.39, 0.29) is 0 Å². The van der Waals surface area contributed by atoms with Crippen LogP contribution in [-0.2, 0) is 5.33 Å². The number of hydrogen-bond acceptors (Lipinski definition) is 0. The Hall–Kier alpha value is 0.240. The van der Waals surface area contributed by atoms with E-state index in [1.807, 2.05) is 21.9 Å². The lowest BCUT2D eigenvalue weighted by Gasteiger charge is -1.91. The molecule has 0 aliphatic rings. The number of aromatic nitrogens is 1. The zero-order valence-corrected chi connectivity index (χ0v) is 7.31. The minimum Gasteiger partial charge on any atom is -0.288 e. The van der Waals surface area contributed by atoms with E-state index in [1.165, 1.54) is 5.69 Å². The predicted molar refractivity (Wildman–Crippen MR) is 41.4 cm³/mol. The molecular formula is C5H5Br2N. The summed E-state index contributed by atoms with van der Waals surface area (Å²) in [6, 6.07) is 4.04. The molecule has 3 heteroatoms. The second-order valence-electron chi connectivity index (χ2n) is 1.44. The first-order valence-electron chi connectivity index (χ1n) is 2.23. The van der Waals surface area contributed by atoms with Crippen LogP contribution in [0.15, 0.2) is 18.3 Å². The fraction of sp³-hybridized carbons (Fsp3) is 0.200. The molecule has 0 fully saturated rings. The summed E-state index contributed by atoms with van der Waals surface area (Å²) in [4.78, 5) is 0. The van der Waals surface area contributed by atoms with Crippen LogP contribution in [0.3, 0.4) is 0 Å². The highest BCUT2D eigenvalue weighted by Crippen LogP contribution is 2.08.